The molecule has 0 bridgehead atoms. The van der Waals surface area contributed by atoms with Gasteiger partial charge in [-0.25, -0.2) is 0 Å². The minimum absolute atomic E-state index is 0.000638. The summed E-state index contributed by atoms with van der Waals surface area (Å²) in [5.41, 5.74) is 3.94. The summed E-state index contributed by atoms with van der Waals surface area (Å²) in [6, 6.07) is 21.5. The van der Waals surface area contributed by atoms with Crippen molar-refractivity contribution in [2.75, 3.05) is 5.32 Å². The molecule has 0 atom stereocenters. The smallest absolute Gasteiger partial charge is 0.256 e. The molecule has 0 aliphatic heterocycles. The molecule has 1 N–H and O–H groups in total. The van der Waals surface area contributed by atoms with Gasteiger partial charge in [-0.1, -0.05) is 36.4 Å². The number of aromatic nitrogens is 1. The predicted molar refractivity (Wildman–Crippen MR) is 102 cm³/mol. The van der Waals surface area contributed by atoms with E-state index in [1.165, 1.54) is 0 Å². The fraction of sp³-hybridized carbons (Fsp3) is 0.0500. The van der Waals surface area contributed by atoms with Crippen molar-refractivity contribution in [1.82, 2.24) is 4.57 Å². The lowest BCUT2D eigenvalue weighted by Crippen LogP contribution is -2.17. The summed E-state index contributed by atoms with van der Waals surface area (Å²) < 4.78 is 1.78. The first-order valence-corrected chi connectivity index (χ1v) is 8.63. The molecule has 0 saturated heterocycles. The summed E-state index contributed by atoms with van der Waals surface area (Å²) in [7, 11) is 0. The number of nitrogens with one attached hydrogen (secondary N) is 1. The number of para-hydroxylation sites is 2. The van der Waals surface area contributed by atoms with Crippen molar-refractivity contribution in [3.8, 4) is 5.69 Å². The van der Waals surface area contributed by atoms with Gasteiger partial charge >= 0.3 is 0 Å². The van der Waals surface area contributed by atoms with E-state index >= 15 is 0 Å². The number of benzene rings is 2. The maximum Gasteiger partial charge on any atom is 0.256 e. The summed E-state index contributed by atoms with van der Waals surface area (Å²) in [5.74, 6) is 0. The van der Waals surface area contributed by atoms with Crippen LogP contribution < -0.4 is 10.9 Å². The normalized spacial score (nSPS) is 10.9. The summed E-state index contributed by atoms with van der Waals surface area (Å²) >= 11 is 1.58. The van der Waals surface area contributed by atoms with Gasteiger partial charge in [-0.2, -0.15) is 0 Å². The molecule has 2 heterocycles. The van der Waals surface area contributed by atoms with Crippen LogP contribution in [-0.4, -0.2) is 4.57 Å². The minimum atomic E-state index is -0.000638. The minimum Gasteiger partial charge on any atom is -0.354 e. The van der Waals surface area contributed by atoms with Gasteiger partial charge in [0.2, 0.25) is 0 Å². The predicted octanol–water partition coefficient (Wildman–Crippen LogP) is 5.10. The Kier molecular flexibility index (Phi) is 3.67. The van der Waals surface area contributed by atoms with E-state index in [0.29, 0.717) is 0 Å². The lowest BCUT2D eigenvalue weighted by molar-refractivity contribution is 1.05. The highest BCUT2D eigenvalue weighted by Gasteiger charge is 2.14. The fourth-order valence-corrected chi connectivity index (χ4v) is 4.00. The van der Waals surface area contributed by atoms with Crippen molar-refractivity contribution < 1.29 is 0 Å². The Morgan fingerprint density at radius 1 is 0.958 bits per heavy atom. The third kappa shape index (κ3) is 2.51. The Bertz CT molecular complexity index is 1050. The Morgan fingerprint density at radius 2 is 1.62 bits per heavy atom. The van der Waals surface area contributed by atoms with Crippen molar-refractivity contribution in [3.05, 3.63) is 88.0 Å². The Balaban J connectivity index is 1.92. The van der Waals surface area contributed by atoms with Crippen molar-refractivity contribution >= 4 is 32.9 Å². The number of hydrogen-bond acceptors (Lipinski definition) is 3. The standard InChI is InChI=1S/C20H16N2OS/c1-14-12-18(23)22(16-10-6-3-7-11-16)20-19(14)17(13-24-20)21-15-8-4-2-5-9-15/h2-13,21H,1H3. The molecule has 0 radical (unpaired) electrons. The number of thiophene rings is 1. The van der Waals surface area contributed by atoms with Crippen LogP contribution in [0.25, 0.3) is 15.9 Å². The van der Waals surface area contributed by atoms with E-state index in [0.717, 1.165) is 32.8 Å². The highest BCUT2D eigenvalue weighted by Crippen LogP contribution is 2.34. The molecule has 0 saturated carbocycles. The average Bonchev–Trinajstić information content (AvgIpc) is 3.00. The van der Waals surface area contributed by atoms with E-state index < -0.39 is 0 Å². The van der Waals surface area contributed by atoms with Gasteiger partial charge in [0.15, 0.2) is 0 Å². The average molecular weight is 332 g/mol. The van der Waals surface area contributed by atoms with E-state index in [1.807, 2.05) is 67.6 Å². The highest BCUT2D eigenvalue weighted by molar-refractivity contribution is 7.17. The highest BCUT2D eigenvalue weighted by atomic mass is 32.1. The zero-order chi connectivity index (χ0) is 16.5. The van der Waals surface area contributed by atoms with Crippen molar-refractivity contribution in [1.29, 1.82) is 0 Å². The Morgan fingerprint density at radius 3 is 2.33 bits per heavy atom. The van der Waals surface area contributed by atoms with Crippen LogP contribution >= 0.6 is 11.3 Å². The van der Waals surface area contributed by atoms with Crippen LogP contribution in [0.5, 0.6) is 0 Å². The number of rotatable bonds is 3. The number of anilines is 2. The van der Waals surface area contributed by atoms with E-state index in [-0.39, 0.29) is 5.56 Å². The van der Waals surface area contributed by atoms with Crippen molar-refractivity contribution in [2.24, 2.45) is 0 Å². The molecule has 0 spiro atoms. The fourth-order valence-electron chi connectivity index (χ4n) is 2.91. The SMILES string of the molecule is Cc1cc(=O)n(-c2ccccc2)c2scc(Nc3ccccc3)c12. The molecule has 4 heteroatoms. The molecule has 2 aromatic heterocycles. The van der Waals surface area contributed by atoms with Crippen LogP contribution in [-0.2, 0) is 0 Å². The molecule has 0 unspecified atom stereocenters. The van der Waals surface area contributed by atoms with Gasteiger partial charge in [0.05, 0.1) is 11.4 Å². The molecule has 4 aromatic rings. The van der Waals surface area contributed by atoms with Crippen molar-refractivity contribution in [3.63, 3.8) is 0 Å². The first-order chi connectivity index (χ1) is 11.7. The maximum absolute atomic E-state index is 12.6. The zero-order valence-electron chi connectivity index (χ0n) is 13.2. The van der Waals surface area contributed by atoms with Crippen LogP contribution in [0.4, 0.5) is 11.4 Å². The Hall–Kier alpha value is -2.85. The molecule has 118 valence electrons. The molecule has 0 amide bonds. The van der Waals surface area contributed by atoms with Crippen LogP contribution in [0.2, 0.25) is 0 Å². The van der Waals surface area contributed by atoms with Crippen LogP contribution in [0.15, 0.2) is 76.9 Å². The molecule has 0 aliphatic rings. The van der Waals surface area contributed by atoms with Gasteiger partial charge in [-0.05, 0) is 36.8 Å². The monoisotopic (exact) mass is 332 g/mol. The Labute approximate surface area is 143 Å². The van der Waals surface area contributed by atoms with Gasteiger partial charge in [-0.15, -0.1) is 11.3 Å². The third-order valence-corrected chi connectivity index (χ3v) is 4.96. The van der Waals surface area contributed by atoms with Gasteiger partial charge < -0.3 is 5.32 Å². The number of fused-ring (bicyclic) bond motifs is 1. The molecule has 3 nitrogen and oxygen atoms in total. The summed E-state index contributed by atoms with van der Waals surface area (Å²) in [4.78, 5) is 13.5. The quantitative estimate of drug-likeness (QED) is 0.566. The third-order valence-electron chi connectivity index (χ3n) is 4.00. The molecule has 24 heavy (non-hydrogen) atoms. The lowest BCUT2D eigenvalue weighted by atomic mass is 10.1. The number of aryl methyl sites for hydroxylation is 1. The van der Waals surface area contributed by atoms with Crippen LogP contribution in [0, 0.1) is 6.92 Å². The van der Waals surface area contributed by atoms with E-state index in [4.69, 9.17) is 0 Å². The first kappa shape index (κ1) is 14.7. The second kappa shape index (κ2) is 5.98. The zero-order valence-corrected chi connectivity index (χ0v) is 14.0. The molecule has 2 aromatic carbocycles. The molecule has 0 fully saturated rings. The molecule has 0 aliphatic carbocycles. The van der Waals surface area contributed by atoms with Gasteiger partial charge in [-0.3, -0.25) is 9.36 Å². The molecule has 4 rings (SSSR count). The van der Waals surface area contributed by atoms with Crippen LogP contribution in [0.3, 0.4) is 0 Å². The topological polar surface area (TPSA) is 34.0 Å². The summed E-state index contributed by atoms with van der Waals surface area (Å²) in [5, 5.41) is 6.62. The largest absolute Gasteiger partial charge is 0.354 e. The maximum atomic E-state index is 12.6. The van der Waals surface area contributed by atoms with E-state index in [9.17, 15) is 4.79 Å². The molecular weight excluding hydrogens is 316 g/mol. The van der Waals surface area contributed by atoms with Gasteiger partial charge in [0.25, 0.3) is 5.56 Å². The van der Waals surface area contributed by atoms with E-state index in [2.05, 4.69) is 10.7 Å². The number of pyridine rings is 1. The second-order valence-corrected chi connectivity index (χ2v) is 6.52. The van der Waals surface area contributed by atoms with Gasteiger partial charge in [0.1, 0.15) is 4.83 Å². The van der Waals surface area contributed by atoms with E-state index in [1.54, 1.807) is 22.0 Å². The molecular formula is C20H16N2OS. The number of nitrogens with zero attached hydrogens (tertiary/aromatic N) is 1. The second-order valence-electron chi connectivity index (χ2n) is 5.66. The van der Waals surface area contributed by atoms with Gasteiger partial charge in [0, 0.05) is 22.5 Å². The number of hydrogen-bond donors (Lipinski definition) is 1. The lowest BCUT2D eigenvalue weighted by Gasteiger charge is -2.10. The summed E-state index contributed by atoms with van der Waals surface area (Å²) in [6.07, 6.45) is 0. The summed E-state index contributed by atoms with van der Waals surface area (Å²) in [6.45, 7) is 1.99. The van der Waals surface area contributed by atoms with Crippen LogP contribution in [0.1, 0.15) is 5.56 Å². The van der Waals surface area contributed by atoms with Crippen molar-refractivity contribution in [2.45, 2.75) is 6.92 Å². The first-order valence-electron chi connectivity index (χ1n) is 7.75.